The minimum absolute atomic E-state index is 0.142. The number of hydrogen-bond acceptors (Lipinski definition) is 5. The molecule has 1 aliphatic heterocycles. The van der Waals surface area contributed by atoms with Gasteiger partial charge in [0.15, 0.2) is 0 Å². The van der Waals surface area contributed by atoms with Gasteiger partial charge in [0, 0.05) is 42.3 Å². The van der Waals surface area contributed by atoms with E-state index in [4.69, 9.17) is 4.74 Å². The first-order chi connectivity index (χ1) is 13.2. The number of nitrogens with one attached hydrogen (secondary N) is 2. The molecule has 6 heteroatoms. The highest BCUT2D eigenvalue weighted by Crippen LogP contribution is 2.31. The number of methoxy groups -OCH3 is 1. The first kappa shape index (κ1) is 18.3. The van der Waals surface area contributed by atoms with E-state index in [0.717, 1.165) is 56.8 Å². The molecule has 1 saturated heterocycles. The fourth-order valence-corrected chi connectivity index (χ4v) is 4.40. The van der Waals surface area contributed by atoms with E-state index in [2.05, 4.69) is 33.0 Å². The summed E-state index contributed by atoms with van der Waals surface area (Å²) in [6.07, 6.45) is 3.80. The van der Waals surface area contributed by atoms with E-state index in [-0.39, 0.29) is 5.91 Å². The summed E-state index contributed by atoms with van der Waals surface area (Å²) in [5, 5.41) is 8.91. The third kappa shape index (κ3) is 4.45. The van der Waals surface area contributed by atoms with E-state index in [1.165, 1.54) is 4.88 Å². The van der Waals surface area contributed by atoms with Crippen LogP contribution in [0, 0.1) is 0 Å². The smallest absolute Gasteiger partial charge is 0.245 e. The van der Waals surface area contributed by atoms with E-state index in [1.807, 2.05) is 24.3 Å². The standard InChI is InChI=1S/C21H27N3O2S/c1-26-18-5-2-4-17(14-18)23-21(20(25)22-16-7-8-16)9-11-24(12-10-21)15-19-6-3-13-27-19/h2-6,13-14,16,23H,7-12,15H2,1H3,(H,22,25). The summed E-state index contributed by atoms with van der Waals surface area (Å²) in [6.45, 7) is 2.79. The number of piperidine rings is 1. The van der Waals surface area contributed by atoms with Crippen molar-refractivity contribution in [1.29, 1.82) is 0 Å². The molecular weight excluding hydrogens is 358 g/mol. The molecule has 5 nitrogen and oxygen atoms in total. The lowest BCUT2D eigenvalue weighted by Crippen LogP contribution is -2.58. The first-order valence-corrected chi connectivity index (χ1v) is 10.5. The second-order valence-electron chi connectivity index (χ2n) is 7.54. The van der Waals surface area contributed by atoms with Crippen molar-refractivity contribution in [3.63, 3.8) is 0 Å². The number of rotatable bonds is 7. The molecule has 0 radical (unpaired) electrons. The van der Waals surface area contributed by atoms with Gasteiger partial charge in [-0.05, 0) is 49.3 Å². The Morgan fingerprint density at radius 1 is 1.26 bits per heavy atom. The number of nitrogens with zero attached hydrogens (tertiary/aromatic N) is 1. The maximum Gasteiger partial charge on any atom is 0.245 e. The van der Waals surface area contributed by atoms with Crippen molar-refractivity contribution in [3.05, 3.63) is 46.7 Å². The zero-order chi connectivity index (χ0) is 18.7. The van der Waals surface area contributed by atoms with Crippen molar-refractivity contribution >= 4 is 22.9 Å². The average molecular weight is 386 g/mol. The lowest BCUT2D eigenvalue weighted by Gasteiger charge is -2.41. The summed E-state index contributed by atoms with van der Waals surface area (Å²) >= 11 is 1.80. The maximum absolute atomic E-state index is 13.1. The number of carbonyl (C=O) groups is 1. The molecule has 1 amide bonds. The minimum atomic E-state index is -0.555. The molecule has 0 spiro atoms. The minimum Gasteiger partial charge on any atom is -0.497 e. The Bertz CT molecular complexity index is 765. The zero-order valence-electron chi connectivity index (χ0n) is 15.7. The topological polar surface area (TPSA) is 53.6 Å². The van der Waals surface area contributed by atoms with Gasteiger partial charge < -0.3 is 15.4 Å². The number of thiophene rings is 1. The molecule has 1 aliphatic carbocycles. The molecule has 2 aliphatic rings. The summed E-state index contributed by atoms with van der Waals surface area (Å²) in [4.78, 5) is 17.0. The Hall–Kier alpha value is -2.05. The van der Waals surface area contributed by atoms with Crippen LogP contribution in [0.2, 0.25) is 0 Å². The quantitative estimate of drug-likeness (QED) is 0.766. The molecule has 0 bridgehead atoms. The Labute approximate surface area is 164 Å². The van der Waals surface area contributed by atoms with Crippen LogP contribution in [0.5, 0.6) is 5.75 Å². The van der Waals surface area contributed by atoms with Gasteiger partial charge in [0.05, 0.1) is 7.11 Å². The van der Waals surface area contributed by atoms with Crippen LogP contribution >= 0.6 is 11.3 Å². The lowest BCUT2D eigenvalue weighted by molar-refractivity contribution is -0.127. The largest absolute Gasteiger partial charge is 0.497 e. The van der Waals surface area contributed by atoms with Crippen molar-refractivity contribution in [2.24, 2.45) is 0 Å². The van der Waals surface area contributed by atoms with Gasteiger partial charge in [-0.15, -0.1) is 11.3 Å². The summed E-state index contributed by atoms with van der Waals surface area (Å²) < 4.78 is 5.34. The molecule has 1 aromatic carbocycles. The predicted octanol–water partition coefficient (Wildman–Crippen LogP) is 3.48. The van der Waals surface area contributed by atoms with Gasteiger partial charge in [-0.3, -0.25) is 9.69 Å². The van der Waals surface area contributed by atoms with E-state index < -0.39 is 5.54 Å². The zero-order valence-corrected chi connectivity index (χ0v) is 16.6. The molecule has 0 atom stereocenters. The van der Waals surface area contributed by atoms with Gasteiger partial charge in [-0.25, -0.2) is 0 Å². The van der Waals surface area contributed by atoms with E-state index >= 15 is 0 Å². The number of ether oxygens (including phenoxy) is 1. The second-order valence-corrected chi connectivity index (χ2v) is 8.57. The number of anilines is 1. The number of benzene rings is 1. The van der Waals surface area contributed by atoms with Crippen LogP contribution in [0.25, 0.3) is 0 Å². The fourth-order valence-electron chi connectivity index (χ4n) is 3.65. The van der Waals surface area contributed by atoms with Crippen LogP contribution in [0.1, 0.15) is 30.6 Å². The molecule has 144 valence electrons. The Morgan fingerprint density at radius 2 is 2.07 bits per heavy atom. The summed E-state index contributed by atoms with van der Waals surface area (Å²) in [5.74, 6) is 0.941. The summed E-state index contributed by atoms with van der Waals surface area (Å²) in [7, 11) is 1.66. The highest BCUT2D eigenvalue weighted by Gasteiger charge is 2.43. The first-order valence-electron chi connectivity index (χ1n) is 9.65. The molecule has 1 aromatic heterocycles. The SMILES string of the molecule is COc1cccc(NC2(C(=O)NC3CC3)CCN(Cc3cccs3)CC2)c1. The van der Waals surface area contributed by atoms with Crippen LogP contribution in [0.3, 0.4) is 0 Å². The van der Waals surface area contributed by atoms with Crippen molar-refractivity contribution in [3.8, 4) is 5.75 Å². The predicted molar refractivity (Wildman–Crippen MR) is 109 cm³/mol. The molecular formula is C21H27N3O2S. The number of carbonyl (C=O) groups excluding carboxylic acids is 1. The molecule has 1 saturated carbocycles. The number of amides is 1. The van der Waals surface area contributed by atoms with Crippen molar-refractivity contribution in [2.45, 2.75) is 43.8 Å². The number of likely N-dealkylation sites (tertiary alicyclic amines) is 1. The lowest BCUT2D eigenvalue weighted by atomic mass is 9.85. The second kappa shape index (κ2) is 7.90. The highest BCUT2D eigenvalue weighted by molar-refractivity contribution is 7.09. The molecule has 4 rings (SSSR count). The third-order valence-corrected chi connectivity index (χ3v) is 6.33. The van der Waals surface area contributed by atoms with Crippen LogP contribution in [0.4, 0.5) is 5.69 Å². The van der Waals surface area contributed by atoms with Crippen molar-refractivity contribution < 1.29 is 9.53 Å². The normalized spacial score (nSPS) is 19.4. The summed E-state index contributed by atoms with van der Waals surface area (Å²) in [6, 6.07) is 12.5. The van der Waals surface area contributed by atoms with Crippen molar-refractivity contribution in [1.82, 2.24) is 10.2 Å². The third-order valence-electron chi connectivity index (χ3n) is 5.47. The fraction of sp³-hybridized carbons (Fsp3) is 0.476. The van der Waals surface area contributed by atoms with E-state index in [9.17, 15) is 4.79 Å². The molecule has 2 fully saturated rings. The van der Waals surface area contributed by atoms with Gasteiger partial charge >= 0.3 is 0 Å². The van der Waals surface area contributed by atoms with Gasteiger partial charge in [0.1, 0.15) is 11.3 Å². The molecule has 27 heavy (non-hydrogen) atoms. The molecule has 2 aromatic rings. The Morgan fingerprint density at radius 3 is 2.74 bits per heavy atom. The van der Waals surface area contributed by atoms with E-state index in [0.29, 0.717) is 6.04 Å². The van der Waals surface area contributed by atoms with Crippen LogP contribution in [-0.4, -0.2) is 42.6 Å². The Balaban J connectivity index is 1.47. The van der Waals surface area contributed by atoms with Crippen LogP contribution in [-0.2, 0) is 11.3 Å². The van der Waals surface area contributed by atoms with Gasteiger partial charge in [-0.2, -0.15) is 0 Å². The maximum atomic E-state index is 13.1. The van der Waals surface area contributed by atoms with E-state index in [1.54, 1.807) is 18.4 Å². The monoisotopic (exact) mass is 385 g/mol. The van der Waals surface area contributed by atoms with Crippen molar-refractivity contribution in [2.75, 3.05) is 25.5 Å². The van der Waals surface area contributed by atoms with Gasteiger partial charge in [0.25, 0.3) is 0 Å². The van der Waals surface area contributed by atoms with Crippen LogP contribution < -0.4 is 15.4 Å². The summed E-state index contributed by atoms with van der Waals surface area (Å²) in [5.41, 5.74) is 0.382. The number of hydrogen-bond donors (Lipinski definition) is 2. The van der Waals surface area contributed by atoms with Crippen LogP contribution in [0.15, 0.2) is 41.8 Å². The Kier molecular flexibility index (Phi) is 5.36. The molecule has 2 N–H and O–H groups in total. The van der Waals surface area contributed by atoms with Gasteiger partial charge in [0.2, 0.25) is 5.91 Å². The van der Waals surface area contributed by atoms with Gasteiger partial charge in [-0.1, -0.05) is 12.1 Å². The average Bonchev–Trinajstić information content (AvgIpc) is 3.36. The molecule has 2 heterocycles. The molecule has 0 unspecified atom stereocenters. The highest BCUT2D eigenvalue weighted by atomic mass is 32.1.